The van der Waals surface area contributed by atoms with Gasteiger partial charge in [-0.05, 0) is 19.1 Å². The summed E-state index contributed by atoms with van der Waals surface area (Å²) in [5.41, 5.74) is 0.747. The summed E-state index contributed by atoms with van der Waals surface area (Å²) in [7, 11) is 0. The Hall–Kier alpha value is -1.78. The van der Waals surface area contributed by atoms with Crippen LogP contribution in [0.15, 0.2) is 42.5 Å². The molecule has 0 N–H and O–H groups in total. The van der Waals surface area contributed by atoms with Crippen molar-refractivity contribution in [3.8, 4) is 5.75 Å². The lowest BCUT2D eigenvalue weighted by molar-refractivity contribution is -0.384. The smallest absolute Gasteiger partial charge is 0.271 e. The van der Waals surface area contributed by atoms with Gasteiger partial charge in [-0.3, -0.25) is 10.1 Å². The van der Waals surface area contributed by atoms with E-state index in [1.807, 2.05) is 25.1 Å². The normalized spacial score (nSPS) is 11.9. The molecule has 0 aliphatic carbocycles. The zero-order chi connectivity index (χ0) is 14.7. The molecule has 0 saturated heterocycles. The number of ether oxygens (including phenoxy) is 1. The first-order valence-corrected chi connectivity index (χ1v) is 6.59. The number of nitrogens with zero attached hydrogens (tertiary/aromatic N) is 1. The predicted molar refractivity (Wildman–Crippen MR) is 78.6 cm³/mol. The van der Waals surface area contributed by atoms with Crippen LogP contribution in [-0.2, 0) is 0 Å². The molecule has 0 aromatic heterocycles. The van der Waals surface area contributed by atoms with Gasteiger partial charge >= 0.3 is 0 Å². The average Bonchev–Trinajstić information content (AvgIpc) is 2.41. The highest BCUT2D eigenvalue weighted by atomic mass is 35.5. The molecule has 6 heteroatoms. The molecule has 0 fully saturated rings. The highest BCUT2D eigenvalue weighted by Crippen LogP contribution is 2.33. The monoisotopic (exact) mass is 311 g/mol. The van der Waals surface area contributed by atoms with Crippen molar-refractivity contribution < 1.29 is 9.66 Å². The van der Waals surface area contributed by atoms with Crippen LogP contribution in [0.25, 0.3) is 0 Å². The third-order valence-electron chi connectivity index (χ3n) is 2.77. The Morgan fingerprint density at radius 1 is 1.15 bits per heavy atom. The van der Waals surface area contributed by atoms with Gasteiger partial charge in [0.15, 0.2) is 0 Å². The summed E-state index contributed by atoms with van der Waals surface area (Å²) < 4.78 is 5.71. The number of halogens is 2. The molecular formula is C14H11Cl2NO3. The third kappa shape index (κ3) is 3.21. The first-order valence-electron chi connectivity index (χ1n) is 5.84. The molecule has 0 aliphatic rings. The Morgan fingerprint density at radius 3 is 2.45 bits per heavy atom. The molecule has 0 unspecified atom stereocenters. The molecule has 2 rings (SSSR count). The standard InChI is InChI=1S/C14H11Cl2NO3/c1-9(11-4-2-3-5-12(11)15)20-14-7-6-10(17(18)19)8-13(14)16/h2-9H,1H3/t9-/m1/s1. The lowest BCUT2D eigenvalue weighted by Gasteiger charge is -2.17. The molecule has 2 aromatic carbocycles. The number of hydrogen-bond acceptors (Lipinski definition) is 3. The minimum Gasteiger partial charge on any atom is -0.484 e. The molecule has 20 heavy (non-hydrogen) atoms. The zero-order valence-corrected chi connectivity index (χ0v) is 12.1. The molecule has 0 aliphatic heterocycles. The van der Waals surface area contributed by atoms with Gasteiger partial charge in [-0.2, -0.15) is 0 Å². The fourth-order valence-electron chi connectivity index (χ4n) is 1.76. The summed E-state index contributed by atoms with van der Waals surface area (Å²) >= 11 is 12.1. The van der Waals surface area contributed by atoms with E-state index in [0.717, 1.165) is 5.56 Å². The Labute approximate surface area is 126 Å². The third-order valence-corrected chi connectivity index (χ3v) is 3.41. The molecule has 0 bridgehead atoms. The zero-order valence-electron chi connectivity index (χ0n) is 10.5. The van der Waals surface area contributed by atoms with Gasteiger partial charge in [-0.25, -0.2) is 0 Å². The van der Waals surface area contributed by atoms with Crippen LogP contribution in [-0.4, -0.2) is 4.92 Å². The van der Waals surface area contributed by atoms with Crippen LogP contribution in [0.2, 0.25) is 10.0 Å². The lowest BCUT2D eigenvalue weighted by Crippen LogP contribution is -2.04. The quantitative estimate of drug-likeness (QED) is 0.587. The fourth-order valence-corrected chi connectivity index (χ4v) is 2.27. The molecule has 0 saturated carbocycles. The topological polar surface area (TPSA) is 52.4 Å². The first-order chi connectivity index (χ1) is 9.49. The van der Waals surface area contributed by atoms with Crippen LogP contribution in [0.5, 0.6) is 5.75 Å². The number of benzene rings is 2. The van der Waals surface area contributed by atoms with Crippen molar-refractivity contribution in [2.24, 2.45) is 0 Å². The molecule has 0 radical (unpaired) electrons. The maximum atomic E-state index is 10.6. The van der Waals surface area contributed by atoms with E-state index >= 15 is 0 Å². The van der Waals surface area contributed by atoms with E-state index in [0.29, 0.717) is 10.8 Å². The second-order valence-electron chi connectivity index (χ2n) is 4.15. The van der Waals surface area contributed by atoms with Crippen LogP contribution in [0, 0.1) is 10.1 Å². The van der Waals surface area contributed by atoms with E-state index in [1.54, 1.807) is 6.07 Å². The van der Waals surface area contributed by atoms with Crippen LogP contribution in [0.4, 0.5) is 5.69 Å². The average molecular weight is 312 g/mol. The summed E-state index contributed by atoms with van der Waals surface area (Å²) in [4.78, 5) is 10.1. The fraction of sp³-hybridized carbons (Fsp3) is 0.143. The van der Waals surface area contributed by atoms with E-state index in [1.165, 1.54) is 18.2 Å². The Bertz CT molecular complexity index is 646. The summed E-state index contributed by atoms with van der Waals surface area (Å²) in [6.45, 7) is 1.83. The van der Waals surface area contributed by atoms with Crippen molar-refractivity contribution in [2.45, 2.75) is 13.0 Å². The van der Waals surface area contributed by atoms with Gasteiger partial charge in [-0.1, -0.05) is 41.4 Å². The minimum atomic E-state index is -0.507. The summed E-state index contributed by atoms with van der Waals surface area (Å²) in [6, 6.07) is 11.4. The van der Waals surface area contributed by atoms with Gasteiger partial charge in [0, 0.05) is 22.7 Å². The van der Waals surface area contributed by atoms with Crippen molar-refractivity contribution >= 4 is 28.9 Å². The molecule has 0 heterocycles. The van der Waals surface area contributed by atoms with Gasteiger partial charge in [0.1, 0.15) is 11.9 Å². The van der Waals surface area contributed by atoms with Gasteiger partial charge in [0.05, 0.1) is 9.95 Å². The van der Waals surface area contributed by atoms with E-state index in [9.17, 15) is 10.1 Å². The summed E-state index contributed by atoms with van der Waals surface area (Å²) in [6.07, 6.45) is -0.317. The first kappa shape index (κ1) is 14.6. The van der Waals surface area contributed by atoms with Crippen molar-refractivity contribution in [2.75, 3.05) is 0 Å². The van der Waals surface area contributed by atoms with Gasteiger partial charge in [0.2, 0.25) is 0 Å². The molecule has 2 aromatic rings. The van der Waals surface area contributed by atoms with Gasteiger partial charge < -0.3 is 4.74 Å². The maximum Gasteiger partial charge on any atom is 0.271 e. The van der Waals surface area contributed by atoms with Crippen LogP contribution in [0.1, 0.15) is 18.6 Å². The van der Waals surface area contributed by atoms with E-state index in [4.69, 9.17) is 27.9 Å². The second kappa shape index (κ2) is 6.11. The number of hydrogen-bond donors (Lipinski definition) is 0. The molecule has 0 spiro atoms. The van der Waals surface area contributed by atoms with Crippen LogP contribution in [0.3, 0.4) is 0 Å². The number of rotatable bonds is 4. The Kier molecular flexibility index (Phi) is 4.47. The number of nitro groups is 1. The molecule has 0 amide bonds. The lowest BCUT2D eigenvalue weighted by atomic mass is 10.1. The van der Waals surface area contributed by atoms with Crippen molar-refractivity contribution in [3.05, 3.63) is 68.2 Å². The van der Waals surface area contributed by atoms with E-state index in [-0.39, 0.29) is 16.8 Å². The van der Waals surface area contributed by atoms with Crippen molar-refractivity contribution in [1.82, 2.24) is 0 Å². The van der Waals surface area contributed by atoms with Crippen LogP contribution < -0.4 is 4.74 Å². The van der Waals surface area contributed by atoms with E-state index < -0.39 is 4.92 Å². The van der Waals surface area contributed by atoms with E-state index in [2.05, 4.69) is 0 Å². The van der Waals surface area contributed by atoms with Crippen molar-refractivity contribution in [3.63, 3.8) is 0 Å². The maximum absolute atomic E-state index is 10.6. The number of non-ortho nitro benzene ring substituents is 1. The summed E-state index contributed by atoms with van der Waals surface area (Å²) in [5, 5.41) is 11.4. The molecular weight excluding hydrogens is 301 g/mol. The summed E-state index contributed by atoms with van der Waals surface area (Å²) in [5.74, 6) is 0.379. The number of nitro benzene ring substituents is 1. The molecule has 104 valence electrons. The Balaban J connectivity index is 2.22. The largest absolute Gasteiger partial charge is 0.484 e. The minimum absolute atomic E-state index is 0.0762. The Morgan fingerprint density at radius 2 is 1.85 bits per heavy atom. The van der Waals surface area contributed by atoms with Crippen molar-refractivity contribution in [1.29, 1.82) is 0 Å². The predicted octanol–water partition coefficient (Wildman–Crippen LogP) is 5.04. The van der Waals surface area contributed by atoms with Gasteiger partial charge in [0.25, 0.3) is 5.69 Å². The second-order valence-corrected chi connectivity index (χ2v) is 4.97. The SMILES string of the molecule is C[C@@H](Oc1ccc([N+](=O)[O-])cc1Cl)c1ccccc1Cl. The highest BCUT2D eigenvalue weighted by Gasteiger charge is 2.15. The highest BCUT2D eigenvalue weighted by molar-refractivity contribution is 6.32. The van der Waals surface area contributed by atoms with Crippen LogP contribution >= 0.6 is 23.2 Å². The molecule has 4 nitrogen and oxygen atoms in total. The van der Waals surface area contributed by atoms with Gasteiger partial charge in [-0.15, -0.1) is 0 Å². The molecule has 1 atom stereocenters.